The van der Waals surface area contributed by atoms with E-state index in [2.05, 4.69) is 20.2 Å². The summed E-state index contributed by atoms with van der Waals surface area (Å²) in [6.45, 7) is 3.41. The molecule has 1 amide bonds. The van der Waals surface area contributed by atoms with Crippen molar-refractivity contribution in [2.24, 2.45) is 4.99 Å². The first-order valence-electron chi connectivity index (χ1n) is 11.5. The summed E-state index contributed by atoms with van der Waals surface area (Å²) in [5.74, 6) is 0.775. The molecule has 182 valence electrons. The van der Waals surface area contributed by atoms with E-state index in [0.29, 0.717) is 55.8 Å². The number of carbonyl (C=O) groups excluding carboxylic acids is 1. The highest BCUT2D eigenvalue weighted by Crippen LogP contribution is 2.24. The maximum absolute atomic E-state index is 14.3. The Bertz CT molecular complexity index is 1050. The zero-order chi connectivity index (χ0) is 23.9. The predicted molar refractivity (Wildman–Crippen MR) is 125 cm³/mol. The van der Waals surface area contributed by atoms with Crippen molar-refractivity contribution >= 4 is 11.8 Å². The molecule has 2 aromatic rings. The highest BCUT2D eigenvalue weighted by atomic mass is 19.1. The molecule has 3 heterocycles. The van der Waals surface area contributed by atoms with Crippen LogP contribution in [0.3, 0.4) is 0 Å². The summed E-state index contributed by atoms with van der Waals surface area (Å²) in [5.41, 5.74) is 3.13. The standard InChI is InChI=1S/C25H31FN4O4/c1-32-9-10-34-25-20-14-27-19(11-17(20)13-28-25)12-24(31)29-18-5-4-8-30(15-18)16-21-22(26)6-3-7-23(21)33-2/h3,6-7,11,14,18H,4-5,8-10,12-13,15-16H2,1-2H3,(H,29,31)/t18-/m1/s1. The second-order valence-electron chi connectivity index (χ2n) is 8.53. The van der Waals surface area contributed by atoms with E-state index >= 15 is 0 Å². The van der Waals surface area contributed by atoms with Gasteiger partial charge >= 0.3 is 0 Å². The number of nitrogens with one attached hydrogen (secondary N) is 1. The molecule has 9 heteroatoms. The van der Waals surface area contributed by atoms with Gasteiger partial charge in [0.2, 0.25) is 11.8 Å². The van der Waals surface area contributed by atoms with Gasteiger partial charge in [-0.1, -0.05) is 6.07 Å². The highest BCUT2D eigenvalue weighted by Gasteiger charge is 2.24. The fourth-order valence-electron chi connectivity index (χ4n) is 4.42. The lowest BCUT2D eigenvalue weighted by molar-refractivity contribution is -0.121. The Morgan fingerprint density at radius 3 is 3.00 bits per heavy atom. The third-order valence-electron chi connectivity index (χ3n) is 6.09. The highest BCUT2D eigenvalue weighted by molar-refractivity contribution is 5.97. The third kappa shape index (κ3) is 5.90. The lowest BCUT2D eigenvalue weighted by Gasteiger charge is -2.33. The summed E-state index contributed by atoms with van der Waals surface area (Å²) in [6, 6.07) is 6.79. The van der Waals surface area contributed by atoms with Crippen LogP contribution in [0.4, 0.5) is 4.39 Å². The van der Waals surface area contributed by atoms with Gasteiger partial charge in [-0.05, 0) is 43.1 Å². The number of carbonyl (C=O) groups is 1. The van der Waals surface area contributed by atoms with Crippen LogP contribution in [-0.4, -0.2) is 68.3 Å². The number of aromatic nitrogens is 1. The van der Waals surface area contributed by atoms with Crippen LogP contribution in [0.5, 0.6) is 5.75 Å². The first kappa shape index (κ1) is 24.1. The second kappa shape index (κ2) is 11.4. The van der Waals surface area contributed by atoms with Gasteiger partial charge in [0.1, 0.15) is 18.2 Å². The van der Waals surface area contributed by atoms with E-state index in [9.17, 15) is 9.18 Å². The molecule has 1 fully saturated rings. The van der Waals surface area contributed by atoms with Crippen molar-refractivity contribution in [3.63, 3.8) is 0 Å². The minimum absolute atomic E-state index is 0.0116. The lowest BCUT2D eigenvalue weighted by Crippen LogP contribution is -2.47. The molecule has 34 heavy (non-hydrogen) atoms. The predicted octanol–water partition coefficient (Wildman–Crippen LogP) is 2.48. The summed E-state index contributed by atoms with van der Waals surface area (Å²) in [7, 11) is 3.17. The van der Waals surface area contributed by atoms with E-state index in [4.69, 9.17) is 14.2 Å². The minimum atomic E-state index is -0.274. The van der Waals surface area contributed by atoms with Crippen LogP contribution in [-0.2, 0) is 33.8 Å². The third-order valence-corrected chi connectivity index (χ3v) is 6.09. The number of ether oxygens (including phenoxy) is 3. The van der Waals surface area contributed by atoms with Crippen molar-refractivity contribution in [1.29, 1.82) is 0 Å². The normalized spacial score (nSPS) is 17.7. The van der Waals surface area contributed by atoms with E-state index in [0.717, 1.165) is 30.5 Å². The molecule has 4 rings (SSSR count). The summed E-state index contributed by atoms with van der Waals surface area (Å²) in [5, 5.41) is 3.12. The number of aliphatic imine (C=N–C) groups is 1. The smallest absolute Gasteiger partial charge is 0.226 e. The van der Waals surface area contributed by atoms with Gasteiger partial charge < -0.3 is 19.5 Å². The summed E-state index contributed by atoms with van der Waals surface area (Å²) >= 11 is 0. The number of nitrogens with zero attached hydrogens (tertiary/aromatic N) is 3. The fraction of sp³-hybridized carbons (Fsp3) is 0.480. The van der Waals surface area contributed by atoms with Gasteiger partial charge in [0.15, 0.2) is 0 Å². The molecule has 2 aliphatic rings. The van der Waals surface area contributed by atoms with E-state index in [1.165, 1.54) is 6.07 Å². The van der Waals surface area contributed by atoms with Crippen LogP contribution >= 0.6 is 0 Å². The molecule has 0 radical (unpaired) electrons. The van der Waals surface area contributed by atoms with E-state index in [1.54, 1.807) is 32.5 Å². The number of pyridine rings is 1. The molecule has 1 aromatic carbocycles. The molecule has 0 bridgehead atoms. The number of rotatable bonds is 9. The Balaban J connectivity index is 1.30. The molecular weight excluding hydrogens is 439 g/mol. The average Bonchev–Trinajstić information content (AvgIpc) is 3.23. The molecule has 0 saturated carbocycles. The quantitative estimate of drug-likeness (QED) is 0.567. The van der Waals surface area contributed by atoms with E-state index in [1.807, 2.05) is 6.07 Å². The number of methoxy groups -OCH3 is 2. The number of benzene rings is 1. The summed E-state index contributed by atoms with van der Waals surface area (Å²) in [6.07, 6.45) is 3.75. The molecule has 1 aromatic heterocycles. The second-order valence-corrected chi connectivity index (χ2v) is 8.53. The van der Waals surface area contributed by atoms with Crippen molar-refractivity contribution < 1.29 is 23.4 Å². The zero-order valence-corrected chi connectivity index (χ0v) is 19.7. The molecule has 0 aliphatic carbocycles. The Morgan fingerprint density at radius 1 is 1.29 bits per heavy atom. The fourth-order valence-corrected chi connectivity index (χ4v) is 4.42. The molecule has 1 N–H and O–H groups in total. The van der Waals surface area contributed by atoms with Crippen molar-refractivity contribution in [1.82, 2.24) is 15.2 Å². The Hall–Kier alpha value is -3.04. The maximum Gasteiger partial charge on any atom is 0.226 e. The van der Waals surface area contributed by atoms with Gasteiger partial charge in [-0.25, -0.2) is 9.38 Å². The van der Waals surface area contributed by atoms with Crippen LogP contribution in [0.15, 0.2) is 35.5 Å². The Labute approximate surface area is 199 Å². The van der Waals surface area contributed by atoms with Gasteiger partial charge in [-0.3, -0.25) is 14.7 Å². The van der Waals surface area contributed by atoms with Gasteiger partial charge in [-0.15, -0.1) is 0 Å². The van der Waals surface area contributed by atoms with Crippen LogP contribution in [0.1, 0.15) is 35.2 Å². The van der Waals surface area contributed by atoms with Crippen molar-refractivity contribution in [3.05, 3.63) is 58.7 Å². The number of hydrogen-bond acceptors (Lipinski definition) is 7. The Morgan fingerprint density at radius 2 is 2.18 bits per heavy atom. The molecule has 0 unspecified atom stereocenters. The Kier molecular flexibility index (Phi) is 8.08. The monoisotopic (exact) mass is 470 g/mol. The maximum atomic E-state index is 14.3. The van der Waals surface area contributed by atoms with Crippen molar-refractivity contribution in [2.45, 2.75) is 38.4 Å². The SMILES string of the molecule is COCCOC1=NCc2cc(CC(=O)N[C@@H]3CCCN(Cc4c(F)cccc4OC)C3)ncc21. The summed E-state index contributed by atoms with van der Waals surface area (Å²) in [4.78, 5) is 23.7. The number of hydrogen-bond donors (Lipinski definition) is 1. The average molecular weight is 471 g/mol. The van der Waals surface area contributed by atoms with Gasteiger partial charge in [-0.2, -0.15) is 0 Å². The lowest BCUT2D eigenvalue weighted by atomic mass is 10.0. The first-order valence-corrected chi connectivity index (χ1v) is 11.5. The van der Waals surface area contributed by atoms with E-state index in [-0.39, 0.29) is 24.2 Å². The molecule has 8 nitrogen and oxygen atoms in total. The molecule has 1 saturated heterocycles. The molecule has 1 atom stereocenters. The minimum Gasteiger partial charge on any atom is -0.496 e. The van der Waals surface area contributed by atoms with Crippen LogP contribution in [0.25, 0.3) is 0 Å². The molecular formula is C25H31FN4O4. The van der Waals surface area contributed by atoms with Gasteiger partial charge in [0.25, 0.3) is 0 Å². The first-order chi connectivity index (χ1) is 16.6. The van der Waals surface area contributed by atoms with Crippen molar-refractivity contribution in [3.8, 4) is 5.75 Å². The van der Waals surface area contributed by atoms with Gasteiger partial charge in [0.05, 0.1) is 37.9 Å². The van der Waals surface area contributed by atoms with Crippen molar-refractivity contribution in [2.75, 3.05) is 40.5 Å². The van der Waals surface area contributed by atoms with Crippen LogP contribution < -0.4 is 10.1 Å². The number of piperidine rings is 1. The number of halogens is 1. The molecule has 2 aliphatic heterocycles. The largest absolute Gasteiger partial charge is 0.496 e. The van der Waals surface area contributed by atoms with Gasteiger partial charge in [0, 0.05) is 38.0 Å². The zero-order valence-electron chi connectivity index (χ0n) is 19.7. The van der Waals surface area contributed by atoms with Crippen LogP contribution in [0, 0.1) is 5.82 Å². The number of amides is 1. The topological polar surface area (TPSA) is 85.3 Å². The molecule has 0 spiro atoms. The number of likely N-dealkylation sites (tertiary alicyclic amines) is 1. The summed E-state index contributed by atoms with van der Waals surface area (Å²) < 4.78 is 30.3. The van der Waals surface area contributed by atoms with Crippen LogP contribution in [0.2, 0.25) is 0 Å². The number of fused-ring (bicyclic) bond motifs is 1. The van der Waals surface area contributed by atoms with E-state index < -0.39 is 0 Å².